The first-order chi connectivity index (χ1) is 8.83. The minimum absolute atomic E-state index is 0.463. The molecule has 2 fully saturated rings. The fraction of sp³-hybridized carbons (Fsp3) is 0.786. The normalized spacial score (nSPS) is 23.8. The van der Waals surface area contributed by atoms with Crippen molar-refractivity contribution < 1.29 is 0 Å². The van der Waals surface area contributed by atoms with Crippen LogP contribution >= 0.6 is 11.8 Å². The Morgan fingerprint density at radius 2 is 2.17 bits per heavy atom. The maximum atomic E-state index is 4.38. The number of nitrogens with zero attached hydrogens (tertiary/aromatic N) is 2. The Hall–Kier alpha value is -0.480. The smallest absolute Gasteiger partial charge is 0.0948 e. The molecule has 4 heteroatoms. The molecule has 0 amide bonds. The second-order valence-electron chi connectivity index (χ2n) is 5.75. The summed E-state index contributed by atoms with van der Waals surface area (Å²) >= 11 is 2.07. The molecule has 1 aromatic heterocycles. The Balaban J connectivity index is 1.76. The summed E-state index contributed by atoms with van der Waals surface area (Å²) in [5.74, 6) is 0.690. The molecule has 1 N–H and O–H groups in total. The molecule has 3 rings (SSSR count). The van der Waals surface area contributed by atoms with Crippen LogP contribution in [-0.2, 0) is 6.54 Å². The second kappa shape index (κ2) is 5.25. The van der Waals surface area contributed by atoms with Gasteiger partial charge in [0, 0.05) is 42.2 Å². The molecule has 2 aliphatic rings. The highest BCUT2D eigenvalue weighted by Crippen LogP contribution is 2.40. The van der Waals surface area contributed by atoms with Gasteiger partial charge in [0.15, 0.2) is 0 Å². The minimum atomic E-state index is 0.463. The lowest BCUT2D eigenvalue weighted by molar-refractivity contribution is 0.344. The Kier molecular flexibility index (Phi) is 3.66. The van der Waals surface area contributed by atoms with Crippen LogP contribution in [0.15, 0.2) is 12.5 Å². The van der Waals surface area contributed by atoms with Gasteiger partial charge in [-0.3, -0.25) is 0 Å². The molecular formula is C14H23N3S. The fourth-order valence-electron chi connectivity index (χ4n) is 3.23. The van der Waals surface area contributed by atoms with Gasteiger partial charge in [-0.15, -0.1) is 0 Å². The van der Waals surface area contributed by atoms with Gasteiger partial charge in [0.25, 0.3) is 0 Å². The second-order valence-corrected chi connectivity index (χ2v) is 7.02. The quantitative estimate of drug-likeness (QED) is 0.907. The van der Waals surface area contributed by atoms with Crippen LogP contribution in [0.5, 0.6) is 0 Å². The zero-order chi connectivity index (χ0) is 12.4. The Morgan fingerprint density at radius 1 is 1.39 bits per heavy atom. The van der Waals surface area contributed by atoms with Crippen molar-refractivity contribution in [2.24, 2.45) is 0 Å². The molecule has 0 atom stereocenters. The molecule has 0 bridgehead atoms. The zero-order valence-electron chi connectivity index (χ0n) is 11.2. The molecule has 0 spiro atoms. The van der Waals surface area contributed by atoms with Gasteiger partial charge in [-0.2, -0.15) is 11.8 Å². The molecule has 3 nitrogen and oxygen atoms in total. The summed E-state index contributed by atoms with van der Waals surface area (Å²) in [6.45, 7) is 3.40. The largest absolute Gasteiger partial charge is 0.333 e. The molecule has 0 radical (unpaired) electrons. The standard InChI is InChI=1S/C14H23N3S/c1-18-14(5-3-2-4-6-14)10-17-11-16-9-13(17)12-7-15-8-12/h9,11-12,15H,2-8,10H2,1H3. The Morgan fingerprint density at radius 3 is 2.78 bits per heavy atom. The molecule has 1 aliphatic heterocycles. The summed E-state index contributed by atoms with van der Waals surface area (Å²) in [5, 5.41) is 3.36. The van der Waals surface area contributed by atoms with Crippen LogP contribution in [0.25, 0.3) is 0 Å². The van der Waals surface area contributed by atoms with Crippen molar-refractivity contribution >= 4 is 11.8 Å². The van der Waals surface area contributed by atoms with Gasteiger partial charge < -0.3 is 9.88 Å². The van der Waals surface area contributed by atoms with Crippen molar-refractivity contribution in [1.29, 1.82) is 0 Å². The van der Waals surface area contributed by atoms with Crippen LogP contribution in [0.2, 0.25) is 0 Å². The highest BCUT2D eigenvalue weighted by atomic mass is 32.2. The third-order valence-electron chi connectivity index (χ3n) is 4.60. The van der Waals surface area contributed by atoms with Gasteiger partial charge >= 0.3 is 0 Å². The average molecular weight is 265 g/mol. The molecule has 1 aliphatic carbocycles. The first-order valence-electron chi connectivity index (χ1n) is 7.09. The summed E-state index contributed by atoms with van der Waals surface area (Å²) in [6.07, 6.45) is 13.4. The molecule has 1 saturated carbocycles. The lowest BCUT2D eigenvalue weighted by Crippen LogP contribution is -2.42. The van der Waals surface area contributed by atoms with Gasteiger partial charge in [0.1, 0.15) is 0 Å². The van der Waals surface area contributed by atoms with E-state index in [0.29, 0.717) is 10.7 Å². The van der Waals surface area contributed by atoms with Crippen molar-refractivity contribution in [2.75, 3.05) is 19.3 Å². The van der Waals surface area contributed by atoms with Crippen molar-refractivity contribution in [3.63, 3.8) is 0 Å². The van der Waals surface area contributed by atoms with Crippen molar-refractivity contribution in [1.82, 2.24) is 14.9 Å². The summed E-state index contributed by atoms with van der Waals surface area (Å²) in [5.41, 5.74) is 1.44. The Labute approximate surface area is 114 Å². The lowest BCUT2D eigenvalue weighted by atomic mass is 9.88. The van der Waals surface area contributed by atoms with Gasteiger partial charge in [0.2, 0.25) is 0 Å². The highest BCUT2D eigenvalue weighted by molar-refractivity contribution is 8.00. The van der Waals surface area contributed by atoms with Crippen LogP contribution in [0, 0.1) is 0 Å². The van der Waals surface area contributed by atoms with Crippen LogP contribution in [0.3, 0.4) is 0 Å². The van der Waals surface area contributed by atoms with Crippen LogP contribution < -0.4 is 5.32 Å². The van der Waals surface area contributed by atoms with E-state index in [-0.39, 0.29) is 0 Å². The van der Waals surface area contributed by atoms with E-state index in [1.54, 1.807) is 0 Å². The van der Waals surface area contributed by atoms with Crippen LogP contribution in [-0.4, -0.2) is 33.6 Å². The number of aromatic nitrogens is 2. The molecule has 0 aromatic carbocycles. The molecule has 1 aromatic rings. The highest BCUT2D eigenvalue weighted by Gasteiger charge is 2.33. The maximum absolute atomic E-state index is 4.38. The van der Waals surface area contributed by atoms with Crippen LogP contribution in [0.4, 0.5) is 0 Å². The third-order valence-corrected chi connectivity index (χ3v) is 6.00. The number of nitrogens with one attached hydrogen (secondary N) is 1. The number of rotatable bonds is 4. The van der Waals surface area contributed by atoms with E-state index in [1.807, 2.05) is 6.33 Å². The topological polar surface area (TPSA) is 29.9 Å². The SMILES string of the molecule is CSC1(Cn2cncc2C2CNC2)CCCCC1. The van der Waals surface area contributed by atoms with Gasteiger partial charge in [-0.25, -0.2) is 4.98 Å². The number of imidazole rings is 1. The van der Waals surface area contributed by atoms with Crippen molar-refractivity contribution in [2.45, 2.75) is 49.3 Å². The van der Waals surface area contributed by atoms with Crippen molar-refractivity contribution in [3.8, 4) is 0 Å². The summed E-state index contributed by atoms with van der Waals surface area (Å²) in [6, 6.07) is 0. The maximum Gasteiger partial charge on any atom is 0.0948 e. The summed E-state index contributed by atoms with van der Waals surface area (Å²) in [4.78, 5) is 4.38. The van der Waals surface area contributed by atoms with Gasteiger partial charge in [-0.1, -0.05) is 19.3 Å². The van der Waals surface area contributed by atoms with Gasteiger partial charge in [-0.05, 0) is 19.1 Å². The fourth-order valence-corrected chi connectivity index (χ4v) is 4.20. The zero-order valence-corrected chi connectivity index (χ0v) is 12.0. The number of hydrogen-bond acceptors (Lipinski definition) is 3. The average Bonchev–Trinajstić information content (AvgIpc) is 2.76. The van der Waals surface area contributed by atoms with Crippen molar-refractivity contribution in [3.05, 3.63) is 18.2 Å². The number of thioether (sulfide) groups is 1. The molecule has 1 saturated heterocycles. The summed E-state index contributed by atoms with van der Waals surface area (Å²) < 4.78 is 2.89. The lowest BCUT2D eigenvalue weighted by Gasteiger charge is -2.37. The van der Waals surface area contributed by atoms with Crippen LogP contribution in [0.1, 0.15) is 43.7 Å². The molecule has 0 unspecified atom stereocenters. The monoisotopic (exact) mass is 265 g/mol. The molecule has 2 heterocycles. The van der Waals surface area contributed by atoms with E-state index in [0.717, 1.165) is 19.6 Å². The first kappa shape index (κ1) is 12.5. The first-order valence-corrected chi connectivity index (χ1v) is 8.31. The van der Waals surface area contributed by atoms with Gasteiger partial charge in [0.05, 0.1) is 6.33 Å². The molecule has 18 heavy (non-hydrogen) atoms. The third kappa shape index (κ3) is 2.32. The number of hydrogen-bond donors (Lipinski definition) is 1. The minimum Gasteiger partial charge on any atom is -0.333 e. The van der Waals surface area contributed by atoms with E-state index in [4.69, 9.17) is 0 Å². The molecule has 100 valence electrons. The predicted octanol–water partition coefficient (Wildman–Crippen LogP) is 2.64. The van der Waals surface area contributed by atoms with E-state index in [1.165, 1.54) is 37.8 Å². The summed E-state index contributed by atoms with van der Waals surface area (Å²) in [7, 11) is 0. The van der Waals surface area contributed by atoms with E-state index >= 15 is 0 Å². The molecular weight excluding hydrogens is 242 g/mol. The Bertz CT molecular complexity index is 391. The predicted molar refractivity (Wildman–Crippen MR) is 77.2 cm³/mol. The van der Waals surface area contributed by atoms with E-state index < -0.39 is 0 Å². The van der Waals surface area contributed by atoms with E-state index in [9.17, 15) is 0 Å². The van der Waals surface area contributed by atoms with E-state index in [2.05, 4.69) is 39.1 Å².